The monoisotopic (exact) mass is 392 g/mol. The maximum atomic E-state index is 12.5. The lowest BCUT2D eigenvalue weighted by Gasteiger charge is -2.27. The van der Waals surface area contributed by atoms with E-state index in [4.69, 9.17) is 19.9 Å². The molecule has 0 saturated carbocycles. The van der Waals surface area contributed by atoms with Crippen molar-refractivity contribution in [3.8, 4) is 6.07 Å². The van der Waals surface area contributed by atoms with Gasteiger partial charge in [-0.15, -0.1) is 0 Å². The molecule has 1 atom stereocenters. The van der Waals surface area contributed by atoms with Gasteiger partial charge >= 0.3 is 5.97 Å². The third-order valence-corrected chi connectivity index (χ3v) is 4.02. The van der Waals surface area contributed by atoms with Gasteiger partial charge in [-0.1, -0.05) is 28.1 Å². The number of allylic oxidation sites excluding steroid dienone is 2. The summed E-state index contributed by atoms with van der Waals surface area (Å²) in [7, 11) is 1.52. The van der Waals surface area contributed by atoms with Crippen LogP contribution in [-0.2, 0) is 19.0 Å². The van der Waals surface area contributed by atoms with E-state index in [1.807, 2.05) is 30.3 Å². The Kier molecular flexibility index (Phi) is 6.01. The topological polar surface area (TPSA) is 94.6 Å². The molecule has 0 aromatic heterocycles. The van der Waals surface area contributed by atoms with Crippen LogP contribution in [0.1, 0.15) is 18.4 Å². The fourth-order valence-corrected chi connectivity index (χ4v) is 2.88. The van der Waals surface area contributed by atoms with Crippen molar-refractivity contribution in [3.63, 3.8) is 0 Å². The van der Waals surface area contributed by atoms with Gasteiger partial charge in [-0.25, -0.2) is 4.79 Å². The molecule has 7 heteroatoms. The summed E-state index contributed by atoms with van der Waals surface area (Å²) in [6.45, 7) is 2.01. The van der Waals surface area contributed by atoms with E-state index in [0.717, 1.165) is 10.0 Å². The van der Waals surface area contributed by atoms with E-state index in [1.54, 1.807) is 6.92 Å². The summed E-state index contributed by atoms with van der Waals surface area (Å²) in [5.41, 5.74) is 7.02. The minimum atomic E-state index is -0.642. The summed E-state index contributed by atoms with van der Waals surface area (Å²) < 4.78 is 16.3. The summed E-state index contributed by atoms with van der Waals surface area (Å²) in [4.78, 5) is 12.5. The molecule has 0 aliphatic carbocycles. The minimum Gasteiger partial charge on any atom is -0.460 e. The number of ether oxygens (including phenoxy) is 3. The van der Waals surface area contributed by atoms with Crippen molar-refractivity contribution in [3.05, 3.63) is 57.1 Å². The summed E-state index contributed by atoms with van der Waals surface area (Å²) in [6.07, 6.45) is 0. The van der Waals surface area contributed by atoms with Crippen LogP contribution in [0, 0.1) is 11.3 Å². The number of carbonyl (C=O) groups excluding carboxylic acids is 1. The second-order valence-corrected chi connectivity index (χ2v) is 5.99. The van der Waals surface area contributed by atoms with Crippen LogP contribution in [0.4, 0.5) is 0 Å². The van der Waals surface area contributed by atoms with Crippen LogP contribution in [0.2, 0.25) is 0 Å². The summed E-state index contributed by atoms with van der Waals surface area (Å²) in [5, 5.41) is 9.49. The predicted molar refractivity (Wildman–Crippen MR) is 90.3 cm³/mol. The molecular weight excluding hydrogens is 376 g/mol. The first-order chi connectivity index (χ1) is 11.5. The van der Waals surface area contributed by atoms with E-state index in [9.17, 15) is 10.1 Å². The number of benzene rings is 1. The average molecular weight is 393 g/mol. The van der Waals surface area contributed by atoms with Crippen LogP contribution in [0.25, 0.3) is 0 Å². The van der Waals surface area contributed by atoms with Crippen LogP contribution in [-0.4, -0.2) is 26.3 Å². The van der Waals surface area contributed by atoms with Crippen molar-refractivity contribution in [2.45, 2.75) is 12.8 Å². The molecule has 1 heterocycles. The molecule has 0 bridgehead atoms. The van der Waals surface area contributed by atoms with Crippen LogP contribution < -0.4 is 5.73 Å². The van der Waals surface area contributed by atoms with E-state index >= 15 is 0 Å². The fourth-order valence-electron chi connectivity index (χ4n) is 2.46. The zero-order valence-corrected chi connectivity index (χ0v) is 14.9. The maximum Gasteiger partial charge on any atom is 0.338 e. The predicted octanol–water partition coefficient (Wildman–Crippen LogP) is 2.72. The quantitative estimate of drug-likeness (QED) is 0.611. The maximum absolute atomic E-state index is 12.5. The Labute approximate surface area is 148 Å². The highest BCUT2D eigenvalue weighted by Crippen LogP contribution is 2.40. The van der Waals surface area contributed by atoms with E-state index < -0.39 is 11.9 Å². The fraction of sp³-hybridized carbons (Fsp3) is 0.294. The highest BCUT2D eigenvalue weighted by Gasteiger charge is 2.36. The largest absolute Gasteiger partial charge is 0.460 e. The molecule has 126 valence electrons. The number of halogens is 1. The SMILES string of the molecule is COCCOC(=O)C1=C(C)OC(N)=C(C#N)[C@@H]1c1cccc(Br)c1. The van der Waals surface area contributed by atoms with Crippen LogP contribution in [0.15, 0.2) is 51.5 Å². The molecule has 1 aromatic rings. The number of nitrogens with zero attached hydrogens (tertiary/aromatic N) is 1. The van der Waals surface area contributed by atoms with Crippen molar-refractivity contribution < 1.29 is 19.0 Å². The summed E-state index contributed by atoms with van der Waals surface area (Å²) in [6, 6.07) is 9.37. The van der Waals surface area contributed by atoms with Gasteiger partial charge in [0.2, 0.25) is 5.88 Å². The molecule has 1 aliphatic heterocycles. The second-order valence-electron chi connectivity index (χ2n) is 5.08. The van der Waals surface area contributed by atoms with Crippen LogP contribution in [0.3, 0.4) is 0 Å². The van der Waals surface area contributed by atoms with Gasteiger partial charge in [-0.05, 0) is 24.6 Å². The summed E-state index contributed by atoms with van der Waals surface area (Å²) >= 11 is 3.40. The Hall–Kier alpha value is -2.30. The molecule has 1 aliphatic rings. The molecule has 2 rings (SSSR count). The molecule has 0 unspecified atom stereocenters. The number of hydrogen-bond acceptors (Lipinski definition) is 6. The van der Waals surface area contributed by atoms with Gasteiger partial charge in [0, 0.05) is 11.6 Å². The molecule has 1 aromatic carbocycles. The molecule has 0 fully saturated rings. The Bertz CT molecular complexity index is 749. The standard InChI is InChI=1S/C17H17BrN2O4/c1-10-14(17(21)23-7-6-22-2)15(13(9-19)16(20)24-10)11-4-3-5-12(18)8-11/h3-5,8,15H,6-7,20H2,1-2H3/t15-/m0/s1. The number of carbonyl (C=O) groups is 1. The molecular formula is C17H17BrN2O4. The second kappa shape index (κ2) is 7.99. The zero-order chi connectivity index (χ0) is 17.7. The number of nitriles is 1. The number of rotatable bonds is 5. The molecule has 2 N–H and O–H groups in total. The summed E-state index contributed by atoms with van der Waals surface area (Å²) in [5.74, 6) is -0.890. The van der Waals surface area contributed by atoms with Gasteiger partial charge in [-0.3, -0.25) is 0 Å². The van der Waals surface area contributed by atoms with Crippen LogP contribution in [0.5, 0.6) is 0 Å². The van der Waals surface area contributed by atoms with Crippen LogP contribution >= 0.6 is 15.9 Å². The molecule has 0 radical (unpaired) electrons. The van der Waals surface area contributed by atoms with Crippen molar-refractivity contribution in [1.82, 2.24) is 0 Å². The van der Waals surface area contributed by atoms with Gasteiger partial charge in [0.25, 0.3) is 0 Å². The smallest absolute Gasteiger partial charge is 0.338 e. The first kappa shape index (κ1) is 18.0. The van der Waals surface area contributed by atoms with E-state index in [2.05, 4.69) is 15.9 Å². The number of esters is 1. The van der Waals surface area contributed by atoms with Crippen molar-refractivity contribution >= 4 is 21.9 Å². The molecule has 6 nitrogen and oxygen atoms in total. The van der Waals surface area contributed by atoms with Gasteiger partial charge in [-0.2, -0.15) is 5.26 Å². The Balaban J connectivity index is 2.47. The van der Waals surface area contributed by atoms with E-state index in [0.29, 0.717) is 5.76 Å². The average Bonchev–Trinajstić information content (AvgIpc) is 2.54. The van der Waals surface area contributed by atoms with Crippen molar-refractivity contribution in [1.29, 1.82) is 5.26 Å². The lowest BCUT2D eigenvalue weighted by Crippen LogP contribution is -2.26. The first-order valence-corrected chi connectivity index (χ1v) is 7.98. The highest BCUT2D eigenvalue weighted by atomic mass is 79.9. The van der Waals surface area contributed by atoms with Gasteiger partial charge in [0.1, 0.15) is 24.0 Å². The lowest BCUT2D eigenvalue weighted by atomic mass is 9.83. The molecule has 24 heavy (non-hydrogen) atoms. The van der Waals surface area contributed by atoms with Gasteiger partial charge in [0.05, 0.1) is 18.1 Å². The van der Waals surface area contributed by atoms with Gasteiger partial charge in [0.15, 0.2) is 0 Å². The first-order valence-electron chi connectivity index (χ1n) is 7.19. The third kappa shape index (κ3) is 3.78. The Morgan fingerprint density at radius 2 is 2.21 bits per heavy atom. The van der Waals surface area contributed by atoms with Crippen molar-refractivity contribution in [2.75, 3.05) is 20.3 Å². The van der Waals surface area contributed by atoms with E-state index in [1.165, 1.54) is 7.11 Å². The minimum absolute atomic E-state index is 0.00610. The number of methoxy groups -OCH3 is 1. The Morgan fingerprint density at radius 1 is 1.46 bits per heavy atom. The highest BCUT2D eigenvalue weighted by molar-refractivity contribution is 9.10. The van der Waals surface area contributed by atoms with E-state index in [-0.39, 0.29) is 30.2 Å². The Morgan fingerprint density at radius 3 is 2.83 bits per heavy atom. The molecule has 0 amide bonds. The zero-order valence-electron chi connectivity index (χ0n) is 13.3. The lowest BCUT2D eigenvalue weighted by molar-refractivity contribution is -0.140. The van der Waals surface area contributed by atoms with Gasteiger partial charge < -0.3 is 19.9 Å². The molecule has 0 saturated heterocycles. The molecule has 0 spiro atoms. The number of hydrogen-bond donors (Lipinski definition) is 1. The normalized spacial score (nSPS) is 17.3. The third-order valence-electron chi connectivity index (χ3n) is 3.53. The number of nitrogens with two attached hydrogens (primary N) is 1. The van der Waals surface area contributed by atoms with Crippen molar-refractivity contribution in [2.24, 2.45) is 5.73 Å².